The normalized spacial score (nSPS) is 10.3. The minimum Gasteiger partial charge on any atom is -0.480 e. The molecule has 0 saturated heterocycles. The number of benzene rings is 2. The predicted molar refractivity (Wildman–Crippen MR) is 88.4 cm³/mol. The molecule has 126 valence electrons. The molecule has 0 heterocycles. The smallest absolute Gasteiger partial charge is 0.322 e. The quantitative estimate of drug-likeness (QED) is 0.753. The van der Waals surface area contributed by atoms with Crippen LogP contribution >= 0.6 is 0 Å². The third kappa shape index (κ3) is 4.32. The van der Waals surface area contributed by atoms with Crippen LogP contribution in [0.2, 0.25) is 0 Å². The number of carboxylic acids is 1. The molecule has 2 rings (SSSR count). The van der Waals surface area contributed by atoms with E-state index < -0.39 is 11.8 Å². The number of carbonyl (C=O) groups excluding carboxylic acids is 1. The van der Waals surface area contributed by atoms with Crippen molar-refractivity contribution in [2.24, 2.45) is 0 Å². The zero-order chi connectivity index (χ0) is 17.7. The van der Waals surface area contributed by atoms with E-state index >= 15 is 0 Å². The van der Waals surface area contributed by atoms with Crippen LogP contribution in [0.4, 0.5) is 10.1 Å². The van der Waals surface area contributed by atoms with E-state index in [1.807, 2.05) is 13.0 Å². The van der Waals surface area contributed by atoms with Gasteiger partial charge in [0.05, 0.1) is 5.69 Å². The van der Waals surface area contributed by atoms with Crippen molar-refractivity contribution >= 4 is 17.4 Å². The largest absolute Gasteiger partial charge is 0.480 e. The first-order valence-corrected chi connectivity index (χ1v) is 7.47. The summed E-state index contributed by atoms with van der Waals surface area (Å²) in [5.74, 6) is -1.64. The molecule has 0 saturated carbocycles. The second-order valence-electron chi connectivity index (χ2n) is 5.23. The van der Waals surface area contributed by atoms with Gasteiger partial charge >= 0.3 is 5.97 Å². The van der Waals surface area contributed by atoms with Gasteiger partial charge in [0.15, 0.2) is 23.1 Å². The molecule has 24 heavy (non-hydrogen) atoms. The maximum Gasteiger partial charge on any atom is 0.322 e. The Morgan fingerprint density at radius 1 is 1.17 bits per heavy atom. The summed E-state index contributed by atoms with van der Waals surface area (Å²) in [6, 6.07) is 9.21. The van der Waals surface area contributed by atoms with Crippen molar-refractivity contribution in [3.63, 3.8) is 0 Å². The summed E-state index contributed by atoms with van der Waals surface area (Å²) < 4.78 is 19.7. The number of hydrogen-bond acceptors (Lipinski definition) is 4. The number of halogens is 1. The first-order chi connectivity index (χ1) is 11.4. The molecule has 2 N–H and O–H groups in total. The van der Waals surface area contributed by atoms with E-state index in [1.165, 1.54) is 19.1 Å². The number of anilines is 1. The molecule has 0 aromatic heterocycles. The molecule has 0 radical (unpaired) electrons. The molecule has 0 aliphatic carbocycles. The fourth-order valence-electron chi connectivity index (χ4n) is 2.12. The number of aliphatic carboxylic acids is 1. The second-order valence-corrected chi connectivity index (χ2v) is 5.23. The molecule has 0 atom stereocenters. The van der Waals surface area contributed by atoms with Crippen molar-refractivity contribution in [3.05, 3.63) is 53.3 Å². The maximum atomic E-state index is 14.1. The molecule has 0 bridgehead atoms. The molecule has 0 aliphatic rings. The van der Waals surface area contributed by atoms with E-state index in [2.05, 4.69) is 5.32 Å². The third-order valence-electron chi connectivity index (χ3n) is 3.44. The van der Waals surface area contributed by atoms with Crippen molar-refractivity contribution in [1.82, 2.24) is 0 Å². The Balaban J connectivity index is 2.31. The number of Topliss-reactive ketones (excluding diaryl/α,β-unsaturated/α-hetero) is 1. The SMILES string of the molecule is CCc1ccc(Oc2ccc(C(C)=O)cc2F)c(NCC(=O)O)c1. The Kier molecular flexibility index (Phi) is 5.52. The van der Waals surface area contributed by atoms with Crippen molar-refractivity contribution < 1.29 is 23.8 Å². The van der Waals surface area contributed by atoms with Gasteiger partial charge in [-0.2, -0.15) is 0 Å². The van der Waals surface area contributed by atoms with Gasteiger partial charge in [-0.3, -0.25) is 9.59 Å². The summed E-state index contributed by atoms with van der Waals surface area (Å²) in [7, 11) is 0. The molecule has 5 nitrogen and oxygen atoms in total. The molecule has 0 amide bonds. The van der Waals surface area contributed by atoms with Gasteiger partial charge in [0, 0.05) is 5.56 Å². The van der Waals surface area contributed by atoms with E-state index in [1.54, 1.807) is 12.1 Å². The summed E-state index contributed by atoms with van der Waals surface area (Å²) in [4.78, 5) is 22.0. The minimum absolute atomic E-state index is 0.0392. The predicted octanol–water partition coefficient (Wildman–Crippen LogP) is 3.88. The van der Waals surface area contributed by atoms with Crippen LogP contribution in [0, 0.1) is 5.82 Å². The zero-order valence-corrected chi connectivity index (χ0v) is 13.4. The molecule has 0 aliphatic heterocycles. The average Bonchev–Trinajstić information content (AvgIpc) is 2.55. The van der Waals surface area contributed by atoms with Gasteiger partial charge < -0.3 is 15.2 Å². The maximum absolute atomic E-state index is 14.1. The Morgan fingerprint density at radius 2 is 1.88 bits per heavy atom. The third-order valence-corrected chi connectivity index (χ3v) is 3.44. The average molecular weight is 331 g/mol. The molecule has 0 fully saturated rings. The number of hydrogen-bond donors (Lipinski definition) is 2. The summed E-state index contributed by atoms with van der Waals surface area (Å²) in [5, 5.41) is 11.6. The summed E-state index contributed by atoms with van der Waals surface area (Å²) in [5.41, 5.74) is 1.71. The van der Waals surface area contributed by atoms with Crippen LogP contribution in [0.3, 0.4) is 0 Å². The Morgan fingerprint density at radius 3 is 2.46 bits per heavy atom. The highest BCUT2D eigenvalue weighted by molar-refractivity contribution is 5.94. The van der Waals surface area contributed by atoms with E-state index in [4.69, 9.17) is 9.84 Å². The number of carboxylic acid groups (broad SMARTS) is 1. The summed E-state index contributed by atoms with van der Waals surface area (Å²) in [6.45, 7) is 3.04. The fourth-order valence-corrected chi connectivity index (χ4v) is 2.12. The highest BCUT2D eigenvalue weighted by Gasteiger charge is 2.12. The lowest BCUT2D eigenvalue weighted by molar-refractivity contribution is -0.134. The first kappa shape index (κ1) is 17.5. The van der Waals surface area contributed by atoms with Crippen molar-refractivity contribution in [2.45, 2.75) is 20.3 Å². The number of carbonyl (C=O) groups is 2. The number of ether oxygens (including phenoxy) is 1. The molecular weight excluding hydrogens is 313 g/mol. The second kappa shape index (κ2) is 7.59. The zero-order valence-electron chi connectivity index (χ0n) is 13.4. The highest BCUT2D eigenvalue weighted by Crippen LogP contribution is 2.32. The monoisotopic (exact) mass is 331 g/mol. The van der Waals surface area contributed by atoms with Crippen LogP contribution in [0.1, 0.15) is 29.8 Å². The van der Waals surface area contributed by atoms with Crippen LogP contribution in [-0.2, 0) is 11.2 Å². The van der Waals surface area contributed by atoms with Crippen LogP contribution in [0.5, 0.6) is 11.5 Å². The van der Waals surface area contributed by atoms with Gasteiger partial charge in [-0.25, -0.2) is 4.39 Å². The van der Waals surface area contributed by atoms with Gasteiger partial charge in [0.2, 0.25) is 0 Å². The molecule has 6 heteroatoms. The topological polar surface area (TPSA) is 75.6 Å². The van der Waals surface area contributed by atoms with E-state index in [0.29, 0.717) is 11.4 Å². The number of nitrogens with one attached hydrogen (secondary N) is 1. The molecule has 2 aromatic carbocycles. The molecule has 0 spiro atoms. The lowest BCUT2D eigenvalue weighted by Crippen LogP contribution is -2.13. The number of aryl methyl sites for hydroxylation is 1. The van der Waals surface area contributed by atoms with Crippen LogP contribution in [-0.4, -0.2) is 23.4 Å². The van der Waals surface area contributed by atoms with Gasteiger partial charge in [-0.05, 0) is 49.2 Å². The standard InChI is InChI=1S/C18H18FNO4/c1-3-12-4-6-17(15(8-12)20-10-18(22)23)24-16-7-5-13(11(2)21)9-14(16)19/h4-9,20H,3,10H2,1-2H3,(H,22,23). The Bertz CT molecular complexity index is 774. The van der Waals surface area contributed by atoms with E-state index in [-0.39, 0.29) is 23.6 Å². The van der Waals surface area contributed by atoms with Crippen LogP contribution in [0.15, 0.2) is 36.4 Å². The van der Waals surface area contributed by atoms with E-state index in [0.717, 1.165) is 18.1 Å². The van der Waals surface area contributed by atoms with Crippen molar-refractivity contribution in [3.8, 4) is 11.5 Å². The molecular formula is C18H18FNO4. The van der Waals surface area contributed by atoms with Gasteiger partial charge in [0.25, 0.3) is 0 Å². The molecule has 0 unspecified atom stereocenters. The van der Waals surface area contributed by atoms with Gasteiger partial charge in [0.1, 0.15) is 6.54 Å². The number of rotatable bonds is 7. The summed E-state index contributed by atoms with van der Waals surface area (Å²) in [6.07, 6.45) is 0.768. The number of ketones is 1. The van der Waals surface area contributed by atoms with Crippen LogP contribution in [0.25, 0.3) is 0 Å². The first-order valence-electron chi connectivity index (χ1n) is 7.47. The molecule has 2 aromatic rings. The lowest BCUT2D eigenvalue weighted by Gasteiger charge is -2.14. The Labute approximate surface area is 139 Å². The van der Waals surface area contributed by atoms with Crippen molar-refractivity contribution in [1.29, 1.82) is 0 Å². The van der Waals surface area contributed by atoms with E-state index in [9.17, 15) is 14.0 Å². The van der Waals surface area contributed by atoms with Crippen LogP contribution < -0.4 is 10.1 Å². The van der Waals surface area contributed by atoms with Gasteiger partial charge in [-0.1, -0.05) is 13.0 Å². The highest BCUT2D eigenvalue weighted by atomic mass is 19.1. The van der Waals surface area contributed by atoms with Gasteiger partial charge in [-0.15, -0.1) is 0 Å². The lowest BCUT2D eigenvalue weighted by atomic mass is 10.1. The summed E-state index contributed by atoms with van der Waals surface area (Å²) >= 11 is 0. The van der Waals surface area contributed by atoms with Crippen molar-refractivity contribution in [2.75, 3.05) is 11.9 Å². The minimum atomic E-state index is -1.01. The Hall–Kier alpha value is -2.89. The fraction of sp³-hybridized carbons (Fsp3) is 0.222.